The van der Waals surface area contributed by atoms with Crippen molar-refractivity contribution in [3.63, 3.8) is 0 Å². The maximum Gasteiger partial charge on any atom is 0.165 e. The van der Waals surface area contributed by atoms with Crippen molar-refractivity contribution < 1.29 is 9.84 Å². The average molecular weight is 335 g/mol. The maximum absolute atomic E-state index is 10.2. The van der Waals surface area contributed by atoms with E-state index in [-0.39, 0.29) is 11.9 Å². The summed E-state index contributed by atoms with van der Waals surface area (Å²) in [7, 11) is 0. The molecule has 1 unspecified atom stereocenters. The molecular weight excluding hydrogens is 314 g/mol. The highest BCUT2D eigenvalue weighted by Crippen LogP contribution is 2.30. The highest BCUT2D eigenvalue weighted by Gasteiger charge is 2.17. The van der Waals surface area contributed by atoms with Gasteiger partial charge in [-0.15, -0.1) is 0 Å². The van der Waals surface area contributed by atoms with Gasteiger partial charge in [-0.1, -0.05) is 18.2 Å². The highest BCUT2D eigenvalue weighted by atomic mass is 16.5. The van der Waals surface area contributed by atoms with Crippen LogP contribution >= 0.6 is 0 Å². The number of phenols is 1. The average Bonchev–Trinajstić information content (AvgIpc) is 3.13. The number of hydrogen-bond acceptors (Lipinski definition) is 5. The Hall–Kier alpha value is -2.66. The fraction of sp³-hybridized carbons (Fsp3) is 0.300. The molecule has 0 spiro atoms. The molecule has 1 fully saturated rings. The van der Waals surface area contributed by atoms with E-state index in [1.54, 1.807) is 12.1 Å². The number of hydrogen-bond donors (Lipinski definition) is 2. The van der Waals surface area contributed by atoms with Crippen molar-refractivity contribution in [1.82, 2.24) is 9.97 Å². The molecule has 1 aliphatic heterocycles. The molecule has 2 heterocycles. The number of rotatable bonds is 4. The SMILES string of the molecule is Cc1ccc2c(NCC3CCCO3)nc(-c3ccccc3O)nc2c1. The van der Waals surface area contributed by atoms with Crippen LogP contribution in [0, 0.1) is 6.92 Å². The zero-order valence-corrected chi connectivity index (χ0v) is 14.2. The van der Waals surface area contributed by atoms with Crippen LogP contribution in [0.2, 0.25) is 0 Å². The lowest BCUT2D eigenvalue weighted by atomic mass is 10.1. The molecular formula is C20H21N3O2. The van der Waals surface area contributed by atoms with Gasteiger partial charge in [0.2, 0.25) is 0 Å². The van der Waals surface area contributed by atoms with Crippen molar-refractivity contribution in [2.24, 2.45) is 0 Å². The molecule has 0 saturated carbocycles. The first-order valence-corrected chi connectivity index (χ1v) is 8.63. The van der Waals surface area contributed by atoms with Gasteiger partial charge in [-0.05, 0) is 49.6 Å². The number of para-hydroxylation sites is 1. The number of nitrogens with zero attached hydrogens (tertiary/aromatic N) is 2. The van der Waals surface area contributed by atoms with Gasteiger partial charge in [0, 0.05) is 18.5 Å². The number of aromatic nitrogens is 2. The summed E-state index contributed by atoms with van der Waals surface area (Å²) in [6, 6.07) is 13.3. The molecule has 1 saturated heterocycles. The monoisotopic (exact) mass is 335 g/mol. The molecule has 1 aromatic heterocycles. The predicted molar refractivity (Wildman–Crippen MR) is 98.8 cm³/mol. The Balaban J connectivity index is 1.77. The largest absolute Gasteiger partial charge is 0.507 e. The second kappa shape index (κ2) is 6.69. The first-order valence-electron chi connectivity index (χ1n) is 8.63. The number of anilines is 1. The lowest BCUT2D eigenvalue weighted by Crippen LogP contribution is -2.19. The van der Waals surface area contributed by atoms with Gasteiger partial charge >= 0.3 is 0 Å². The third-order valence-electron chi connectivity index (χ3n) is 4.52. The van der Waals surface area contributed by atoms with Gasteiger partial charge in [-0.2, -0.15) is 0 Å². The molecule has 1 atom stereocenters. The maximum atomic E-state index is 10.2. The first-order chi connectivity index (χ1) is 12.2. The van der Waals surface area contributed by atoms with Gasteiger partial charge in [-0.3, -0.25) is 0 Å². The summed E-state index contributed by atoms with van der Waals surface area (Å²) in [5.41, 5.74) is 2.63. The number of nitrogens with one attached hydrogen (secondary N) is 1. The molecule has 1 aliphatic rings. The van der Waals surface area contributed by atoms with E-state index in [0.717, 1.165) is 48.3 Å². The van der Waals surface area contributed by atoms with Gasteiger partial charge < -0.3 is 15.2 Å². The van der Waals surface area contributed by atoms with Crippen LogP contribution in [0.15, 0.2) is 42.5 Å². The van der Waals surface area contributed by atoms with Crippen LogP contribution in [-0.2, 0) is 4.74 Å². The van der Waals surface area contributed by atoms with E-state index in [4.69, 9.17) is 4.74 Å². The second-order valence-electron chi connectivity index (χ2n) is 6.45. The highest BCUT2D eigenvalue weighted by molar-refractivity contribution is 5.91. The zero-order chi connectivity index (χ0) is 17.2. The van der Waals surface area contributed by atoms with E-state index in [2.05, 4.69) is 21.4 Å². The predicted octanol–water partition coefficient (Wildman–Crippen LogP) is 3.90. The number of benzene rings is 2. The summed E-state index contributed by atoms with van der Waals surface area (Å²) in [5.74, 6) is 1.48. The summed E-state index contributed by atoms with van der Waals surface area (Å²) in [6.45, 7) is 3.60. The Morgan fingerprint density at radius 1 is 1.20 bits per heavy atom. The zero-order valence-electron chi connectivity index (χ0n) is 14.2. The molecule has 5 nitrogen and oxygen atoms in total. The van der Waals surface area contributed by atoms with Gasteiger partial charge in [-0.25, -0.2) is 9.97 Å². The van der Waals surface area contributed by atoms with E-state index in [1.165, 1.54) is 0 Å². The van der Waals surface area contributed by atoms with Crippen LogP contribution in [0.3, 0.4) is 0 Å². The quantitative estimate of drug-likeness (QED) is 0.757. The van der Waals surface area contributed by atoms with Crippen LogP contribution in [0.5, 0.6) is 5.75 Å². The lowest BCUT2D eigenvalue weighted by Gasteiger charge is -2.14. The second-order valence-corrected chi connectivity index (χ2v) is 6.45. The van der Waals surface area contributed by atoms with Crippen molar-refractivity contribution in [3.8, 4) is 17.1 Å². The van der Waals surface area contributed by atoms with Crippen LogP contribution in [0.25, 0.3) is 22.3 Å². The Morgan fingerprint density at radius 2 is 2.08 bits per heavy atom. The summed E-state index contributed by atoms with van der Waals surface area (Å²) in [6.07, 6.45) is 2.41. The minimum atomic E-state index is 0.180. The van der Waals surface area contributed by atoms with Crippen LogP contribution in [0.1, 0.15) is 18.4 Å². The minimum Gasteiger partial charge on any atom is -0.507 e. The Labute approximate surface area is 146 Å². The van der Waals surface area contributed by atoms with E-state index >= 15 is 0 Å². The molecule has 25 heavy (non-hydrogen) atoms. The van der Waals surface area contributed by atoms with E-state index in [0.29, 0.717) is 11.4 Å². The Kier molecular flexibility index (Phi) is 4.24. The molecule has 4 rings (SSSR count). The van der Waals surface area contributed by atoms with Crippen LogP contribution < -0.4 is 5.32 Å². The number of aryl methyl sites for hydroxylation is 1. The normalized spacial score (nSPS) is 17.1. The van der Waals surface area contributed by atoms with Crippen LogP contribution in [-0.4, -0.2) is 34.3 Å². The summed E-state index contributed by atoms with van der Waals surface area (Å²) >= 11 is 0. The smallest absolute Gasteiger partial charge is 0.165 e. The number of phenolic OH excluding ortho intramolecular Hbond substituents is 1. The summed E-state index contributed by atoms with van der Waals surface area (Å²) in [5, 5.41) is 14.6. The molecule has 2 aromatic carbocycles. The van der Waals surface area contributed by atoms with Crippen molar-refractivity contribution in [2.75, 3.05) is 18.5 Å². The van der Waals surface area contributed by atoms with E-state index in [9.17, 15) is 5.11 Å². The molecule has 0 amide bonds. The van der Waals surface area contributed by atoms with Crippen LogP contribution in [0.4, 0.5) is 5.82 Å². The third-order valence-corrected chi connectivity index (χ3v) is 4.52. The minimum absolute atomic E-state index is 0.180. The van der Waals surface area contributed by atoms with E-state index in [1.807, 2.05) is 31.2 Å². The fourth-order valence-electron chi connectivity index (χ4n) is 3.17. The number of aromatic hydroxyl groups is 1. The van der Waals surface area contributed by atoms with Crippen molar-refractivity contribution in [1.29, 1.82) is 0 Å². The Bertz CT molecular complexity index is 905. The molecule has 0 radical (unpaired) electrons. The molecule has 0 bridgehead atoms. The summed E-state index contributed by atoms with van der Waals surface area (Å²) < 4.78 is 5.69. The fourth-order valence-corrected chi connectivity index (χ4v) is 3.17. The number of ether oxygens (including phenoxy) is 1. The van der Waals surface area contributed by atoms with Crippen molar-refractivity contribution in [2.45, 2.75) is 25.9 Å². The van der Waals surface area contributed by atoms with Crippen molar-refractivity contribution in [3.05, 3.63) is 48.0 Å². The molecule has 5 heteroatoms. The van der Waals surface area contributed by atoms with Crippen molar-refractivity contribution >= 4 is 16.7 Å². The van der Waals surface area contributed by atoms with Gasteiger partial charge in [0.1, 0.15) is 11.6 Å². The molecule has 0 aliphatic carbocycles. The summed E-state index contributed by atoms with van der Waals surface area (Å²) in [4.78, 5) is 9.35. The molecule has 128 valence electrons. The Morgan fingerprint density at radius 3 is 2.88 bits per heavy atom. The van der Waals surface area contributed by atoms with Gasteiger partial charge in [0.25, 0.3) is 0 Å². The standard InChI is InChI=1S/C20H21N3O2/c1-13-8-9-15-17(11-13)22-20(16-6-2-3-7-18(16)24)23-19(15)21-12-14-5-4-10-25-14/h2-3,6-9,11,14,24H,4-5,10,12H2,1H3,(H,21,22,23). The number of fused-ring (bicyclic) bond motifs is 1. The third kappa shape index (κ3) is 3.28. The van der Waals surface area contributed by atoms with Gasteiger partial charge in [0.05, 0.1) is 17.2 Å². The van der Waals surface area contributed by atoms with E-state index < -0.39 is 0 Å². The molecule has 2 N–H and O–H groups in total. The first kappa shape index (κ1) is 15.8. The topological polar surface area (TPSA) is 67.3 Å². The molecule has 3 aromatic rings. The lowest BCUT2D eigenvalue weighted by molar-refractivity contribution is 0.120. The van der Waals surface area contributed by atoms with Gasteiger partial charge in [0.15, 0.2) is 5.82 Å².